The minimum Gasteiger partial charge on any atom is -0.491 e. The highest BCUT2D eigenvalue weighted by Gasteiger charge is 2.11. The van der Waals surface area contributed by atoms with Crippen LogP contribution in [0.2, 0.25) is 0 Å². The molecule has 112 valence electrons. The molecule has 2 rings (SSSR count). The quantitative estimate of drug-likeness (QED) is 0.792. The Hall–Kier alpha value is -1.13. The van der Waals surface area contributed by atoms with Crippen molar-refractivity contribution >= 4 is 0 Å². The first-order valence-electron chi connectivity index (χ1n) is 7.88. The molecule has 2 heterocycles. The van der Waals surface area contributed by atoms with Gasteiger partial charge in [0.05, 0.1) is 11.9 Å². The largest absolute Gasteiger partial charge is 0.491 e. The monoisotopic (exact) mass is 277 g/mol. The normalized spacial score (nSPS) is 17.3. The number of rotatable bonds is 8. The van der Waals surface area contributed by atoms with Gasteiger partial charge in [-0.2, -0.15) is 0 Å². The van der Waals surface area contributed by atoms with E-state index in [-0.39, 0.29) is 0 Å². The SMILES string of the molecule is CCNC(CC)c1ccc(OCCN2CCCC2)cn1. The summed E-state index contributed by atoms with van der Waals surface area (Å²) in [5.41, 5.74) is 1.10. The number of aromatic nitrogens is 1. The molecule has 0 radical (unpaired) electrons. The van der Waals surface area contributed by atoms with Crippen LogP contribution in [-0.2, 0) is 0 Å². The number of ether oxygens (including phenoxy) is 1. The second-order valence-electron chi connectivity index (χ2n) is 5.33. The van der Waals surface area contributed by atoms with Gasteiger partial charge in [-0.3, -0.25) is 9.88 Å². The summed E-state index contributed by atoms with van der Waals surface area (Å²) in [5, 5.41) is 3.44. The molecule has 0 spiro atoms. The van der Waals surface area contributed by atoms with Crippen molar-refractivity contribution in [3.63, 3.8) is 0 Å². The van der Waals surface area contributed by atoms with Crippen molar-refractivity contribution in [2.24, 2.45) is 0 Å². The molecule has 4 nitrogen and oxygen atoms in total. The number of pyridine rings is 1. The summed E-state index contributed by atoms with van der Waals surface area (Å²) in [5.74, 6) is 0.874. The molecule has 1 unspecified atom stereocenters. The zero-order valence-electron chi connectivity index (χ0n) is 12.8. The fourth-order valence-corrected chi connectivity index (χ4v) is 2.69. The molecule has 20 heavy (non-hydrogen) atoms. The van der Waals surface area contributed by atoms with Gasteiger partial charge in [0.2, 0.25) is 0 Å². The third-order valence-electron chi connectivity index (χ3n) is 3.85. The molecule has 1 fully saturated rings. The maximum absolute atomic E-state index is 5.77. The maximum atomic E-state index is 5.77. The van der Waals surface area contributed by atoms with E-state index < -0.39 is 0 Å². The van der Waals surface area contributed by atoms with Crippen LogP contribution in [-0.4, -0.2) is 42.7 Å². The molecule has 0 aromatic carbocycles. The van der Waals surface area contributed by atoms with Crippen LogP contribution < -0.4 is 10.1 Å². The van der Waals surface area contributed by atoms with Gasteiger partial charge in [-0.25, -0.2) is 0 Å². The number of likely N-dealkylation sites (tertiary alicyclic amines) is 1. The molecule has 1 aliphatic rings. The van der Waals surface area contributed by atoms with Crippen LogP contribution in [0.5, 0.6) is 5.75 Å². The van der Waals surface area contributed by atoms with Crippen LogP contribution in [0.1, 0.15) is 44.8 Å². The van der Waals surface area contributed by atoms with E-state index in [9.17, 15) is 0 Å². The molecule has 1 saturated heterocycles. The van der Waals surface area contributed by atoms with Crippen molar-refractivity contribution in [3.8, 4) is 5.75 Å². The topological polar surface area (TPSA) is 37.4 Å². The van der Waals surface area contributed by atoms with Gasteiger partial charge in [-0.05, 0) is 51.0 Å². The summed E-state index contributed by atoms with van der Waals surface area (Å²) < 4.78 is 5.77. The van der Waals surface area contributed by atoms with E-state index in [1.165, 1.54) is 25.9 Å². The van der Waals surface area contributed by atoms with Crippen molar-refractivity contribution in [2.45, 2.75) is 39.2 Å². The van der Waals surface area contributed by atoms with Crippen LogP contribution in [0.4, 0.5) is 0 Å². The number of nitrogens with zero attached hydrogens (tertiary/aromatic N) is 2. The van der Waals surface area contributed by atoms with Crippen LogP contribution in [0, 0.1) is 0 Å². The molecular weight excluding hydrogens is 250 g/mol. The Morgan fingerprint density at radius 1 is 1.30 bits per heavy atom. The Morgan fingerprint density at radius 3 is 2.70 bits per heavy atom. The summed E-state index contributed by atoms with van der Waals surface area (Å²) in [6.45, 7) is 9.49. The summed E-state index contributed by atoms with van der Waals surface area (Å²) in [4.78, 5) is 6.98. The predicted octanol–water partition coefficient (Wildman–Crippen LogP) is 2.62. The van der Waals surface area contributed by atoms with Crippen molar-refractivity contribution < 1.29 is 4.74 Å². The van der Waals surface area contributed by atoms with Crippen LogP contribution in [0.25, 0.3) is 0 Å². The lowest BCUT2D eigenvalue weighted by molar-refractivity contribution is 0.237. The molecule has 1 aromatic rings. The van der Waals surface area contributed by atoms with Crippen LogP contribution in [0.3, 0.4) is 0 Å². The smallest absolute Gasteiger partial charge is 0.137 e. The highest BCUT2D eigenvalue weighted by atomic mass is 16.5. The second-order valence-corrected chi connectivity index (χ2v) is 5.33. The lowest BCUT2D eigenvalue weighted by atomic mass is 10.1. The summed E-state index contributed by atoms with van der Waals surface area (Å²) >= 11 is 0. The van der Waals surface area contributed by atoms with Gasteiger partial charge in [0.1, 0.15) is 12.4 Å². The molecule has 4 heteroatoms. The summed E-state index contributed by atoms with van der Waals surface area (Å²) in [7, 11) is 0. The molecule has 0 amide bonds. The first-order valence-corrected chi connectivity index (χ1v) is 7.88. The third kappa shape index (κ3) is 4.46. The van der Waals surface area contributed by atoms with E-state index in [1.54, 1.807) is 0 Å². The van der Waals surface area contributed by atoms with Crippen molar-refractivity contribution in [1.82, 2.24) is 15.2 Å². The van der Waals surface area contributed by atoms with Gasteiger partial charge < -0.3 is 10.1 Å². The van der Waals surface area contributed by atoms with Gasteiger partial charge >= 0.3 is 0 Å². The van der Waals surface area contributed by atoms with E-state index in [0.29, 0.717) is 6.04 Å². The standard InChI is InChI=1S/C16H27N3O/c1-3-15(17-4-2)16-8-7-14(13-18-16)20-12-11-19-9-5-6-10-19/h7-8,13,15,17H,3-6,9-12H2,1-2H3. The highest BCUT2D eigenvalue weighted by Crippen LogP contribution is 2.17. The molecule has 1 aliphatic heterocycles. The van der Waals surface area contributed by atoms with Crippen LogP contribution in [0.15, 0.2) is 18.3 Å². The maximum Gasteiger partial charge on any atom is 0.137 e. The Kier molecular flexibility index (Phi) is 6.27. The number of hydrogen-bond acceptors (Lipinski definition) is 4. The van der Waals surface area contributed by atoms with Gasteiger partial charge in [0, 0.05) is 12.6 Å². The second kappa shape index (κ2) is 8.22. The molecule has 0 saturated carbocycles. The molecular formula is C16H27N3O. The Morgan fingerprint density at radius 2 is 2.10 bits per heavy atom. The van der Waals surface area contributed by atoms with Gasteiger partial charge in [0.25, 0.3) is 0 Å². The van der Waals surface area contributed by atoms with E-state index in [0.717, 1.165) is 37.6 Å². The average Bonchev–Trinajstić information content (AvgIpc) is 2.99. The predicted molar refractivity (Wildman–Crippen MR) is 82.1 cm³/mol. The zero-order valence-corrected chi connectivity index (χ0v) is 12.8. The van der Waals surface area contributed by atoms with Gasteiger partial charge in [-0.15, -0.1) is 0 Å². The van der Waals surface area contributed by atoms with Gasteiger partial charge in [-0.1, -0.05) is 13.8 Å². The summed E-state index contributed by atoms with van der Waals surface area (Å²) in [6, 6.07) is 4.45. The average molecular weight is 277 g/mol. The van der Waals surface area contributed by atoms with Crippen molar-refractivity contribution in [2.75, 3.05) is 32.8 Å². The van der Waals surface area contributed by atoms with E-state index in [2.05, 4.69) is 35.1 Å². The third-order valence-corrected chi connectivity index (χ3v) is 3.85. The fourth-order valence-electron chi connectivity index (χ4n) is 2.69. The minimum atomic E-state index is 0.346. The zero-order chi connectivity index (χ0) is 14.2. The minimum absolute atomic E-state index is 0.346. The number of hydrogen-bond donors (Lipinski definition) is 1. The first kappa shape index (κ1) is 15.3. The molecule has 1 aromatic heterocycles. The summed E-state index contributed by atoms with van der Waals surface area (Å²) in [6.07, 6.45) is 5.56. The first-order chi connectivity index (χ1) is 9.83. The Bertz CT molecular complexity index is 374. The molecule has 1 N–H and O–H groups in total. The molecule has 1 atom stereocenters. The molecule has 0 bridgehead atoms. The van der Waals surface area contributed by atoms with E-state index in [4.69, 9.17) is 4.74 Å². The Balaban J connectivity index is 1.78. The Labute approximate surface area is 122 Å². The lowest BCUT2D eigenvalue weighted by Gasteiger charge is -2.16. The van der Waals surface area contributed by atoms with Crippen molar-refractivity contribution in [3.05, 3.63) is 24.0 Å². The number of nitrogens with one attached hydrogen (secondary N) is 1. The van der Waals surface area contributed by atoms with Crippen LogP contribution >= 0.6 is 0 Å². The highest BCUT2D eigenvalue weighted by molar-refractivity contribution is 5.21. The van der Waals surface area contributed by atoms with Crippen molar-refractivity contribution in [1.29, 1.82) is 0 Å². The van der Waals surface area contributed by atoms with Gasteiger partial charge in [0.15, 0.2) is 0 Å². The lowest BCUT2D eigenvalue weighted by Crippen LogP contribution is -2.25. The fraction of sp³-hybridized carbons (Fsp3) is 0.688. The molecule has 0 aliphatic carbocycles. The van der Waals surface area contributed by atoms with E-state index in [1.807, 2.05) is 12.3 Å². The van der Waals surface area contributed by atoms with E-state index >= 15 is 0 Å².